The molecule has 1 fully saturated rings. The lowest BCUT2D eigenvalue weighted by molar-refractivity contribution is 0.246. The van der Waals surface area contributed by atoms with E-state index >= 15 is 0 Å². The third-order valence-corrected chi connectivity index (χ3v) is 3.93. The number of nitrogens with zero attached hydrogens (tertiary/aromatic N) is 1. The standard InChI is InChI=1S/C15H31N/c1-4-16-11-7-5-9-15(13-14(2)3)10-6-8-12-16/h14-15H,4-13H2,1-3H3. The van der Waals surface area contributed by atoms with Crippen LogP contribution < -0.4 is 0 Å². The topological polar surface area (TPSA) is 3.24 Å². The van der Waals surface area contributed by atoms with E-state index in [1.54, 1.807) is 0 Å². The molecule has 0 atom stereocenters. The summed E-state index contributed by atoms with van der Waals surface area (Å²) in [5.41, 5.74) is 0. The maximum Gasteiger partial charge on any atom is -0.00189 e. The van der Waals surface area contributed by atoms with Gasteiger partial charge in [0.1, 0.15) is 0 Å². The Kier molecular flexibility index (Phi) is 7.11. The Bertz CT molecular complexity index is 153. The van der Waals surface area contributed by atoms with Crippen LogP contribution >= 0.6 is 0 Å². The number of rotatable bonds is 3. The molecule has 0 aromatic heterocycles. The highest BCUT2D eigenvalue weighted by atomic mass is 15.1. The van der Waals surface area contributed by atoms with E-state index < -0.39 is 0 Å². The average Bonchev–Trinajstić information content (AvgIpc) is 2.26. The van der Waals surface area contributed by atoms with Gasteiger partial charge in [-0.3, -0.25) is 0 Å². The fourth-order valence-electron chi connectivity index (χ4n) is 3.01. The van der Waals surface area contributed by atoms with Crippen LogP contribution in [0.15, 0.2) is 0 Å². The van der Waals surface area contributed by atoms with Crippen molar-refractivity contribution in [1.29, 1.82) is 0 Å². The molecule has 1 saturated heterocycles. The maximum atomic E-state index is 2.63. The van der Waals surface area contributed by atoms with Gasteiger partial charge >= 0.3 is 0 Å². The molecule has 1 nitrogen and oxygen atoms in total. The molecule has 16 heavy (non-hydrogen) atoms. The van der Waals surface area contributed by atoms with Gasteiger partial charge in [-0.25, -0.2) is 0 Å². The Hall–Kier alpha value is -0.0400. The molecule has 1 rings (SSSR count). The normalized spacial score (nSPS) is 22.5. The molecule has 0 N–H and O–H groups in total. The first kappa shape index (κ1) is 14.0. The van der Waals surface area contributed by atoms with E-state index in [2.05, 4.69) is 25.7 Å². The smallest absolute Gasteiger partial charge is 0.00189 e. The molecular weight excluding hydrogens is 194 g/mol. The summed E-state index contributed by atoms with van der Waals surface area (Å²) >= 11 is 0. The molecule has 0 aromatic carbocycles. The highest BCUT2D eigenvalue weighted by molar-refractivity contribution is 4.66. The predicted octanol–water partition coefficient (Wildman–Crippen LogP) is 4.32. The molecule has 0 spiro atoms. The Morgan fingerprint density at radius 1 is 1.00 bits per heavy atom. The van der Waals surface area contributed by atoms with Crippen LogP contribution in [0.4, 0.5) is 0 Å². The molecule has 1 heteroatoms. The summed E-state index contributed by atoms with van der Waals surface area (Å²) in [5.74, 6) is 1.91. The first-order valence-electron chi connectivity index (χ1n) is 7.44. The van der Waals surface area contributed by atoms with Gasteiger partial charge in [0.05, 0.1) is 0 Å². The molecule has 1 heterocycles. The predicted molar refractivity (Wildman–Crippen MR) is 72.8 cm³/mol. The number of hydrogen-bond acceptors (Lipinski definition) is 1. The largest absolute Gasteiger partial charge is 0.304 e. The SMILES string of the molecule is CCN1CCCCC(CC(C)C)CCCC1. The third-order valence-electron chi connectivity index (χ3n) is 3.93. The third kappa shape index (κ3) is 5.89. The van der Waals surface area contributed by atoms with Gasteiger partial charge in [0.25, 0.3) is 0 Å². The van der Waals surface area contributed by atoms with E-state index in [4.69, 9.17) is 0 Å². The Labute approximate surface area is 103 Å². The molecule has 0 radical (unpaired) electrons. The lowest BCUT2D eigenvalue weighted by atomic mass is 9.87. The van der Waals surface area contributed by atoms with E-state index in [9.17, 15) is 0 Å². The van der Waals surface area contributed by atoms with Gasteiger partial charge in [0, 0.05) is 0 Å². The van der Waals surface area contributed by atoms with Gasteiger partial charge in [-0.1, -0.05) is 46.5 Å². The summed E-state index contributed by atoms with van der Waals surface area (Å²) in [6.07, 6.45) is 10.2. The van der Waals surface area contributed by atoms with Crippen molar-refractivity contribution in [3.63, 3.8) is 0 Å². The molecule has 0 unspecified atom stereocenters. The molecule has 96 valence electrons. The van der Waals surface area contributed by atoms with E-state index in [0.29, 0.717) is 0 Å². The fraction of sp³-hybridized carbons (Fsp3) is 1.00. The molecule has 0 saturated carbocycles. The molecule has 0 amide bonds. The van der Waals surface area contributed by atoms with Crippen molar-refractivity contribution < 1.29 is 0 Å². The van der Waals surface area contributed by atoms with E-state index in [1.165, 1.54) is 64.6 Å². The maximum absolute atomic E-state index is 2.63. The highest BCUT2D eigenvalue weighted by Gasteiger charge is 2.13. The second-order valence-electron chi connectivity index (χ2n) is 5.92. The summed E-state index contributed by atoms with van der Waals surface area (Å²) in [7, 11) is 0. The fourth-order valence-corrected chi connectivity index (χ4v) is 3.01. The van der Waals surface area contributed by atoms with E-state index in [1.807, 2.05) is 0 Å². The van der Waals surface area contributed by atoms with Crippen LogP contribution in [0, 0.1) is 11.8 Å². The average molecular weight is 225 g/mol. The first-order valence-corrected chi connectivity index (χ1v) is 7.44. The Morgan fingerprint density at radius 2 is 1.56 bits per heavy atom. The van der Waals surface area contributed by atoms with Crippen molar-refractivity contribution >= 4 is 0 Å². The van der Waals surface area contributed by atoms with Crippen LogP contribution in [0.1, 0.15) is 65.7 Å². The first-order chi connectivity index (χ1) is 7.72. The van der Waals surface area contributed by atoms with Crippen molar-refractivity contribution in [2.75, 3.05) is 19.6 Å². The van der Waals surface area contributed by atoms with Gasteiger partial charge in [-0.15, -0.1) is 0 Å². The summed E-state index contributed by atoms with van der Waals surface area (Å²) in [6, 6.07) is 0. The van der Waals surface area contributed by atoms with Crippen LogP contribution in [0.5, 0.6) is 0 Å². The summed E-state index contributed by atoms with van der Waals surface area (Å²) in [5, 5.41) is 0. The van der Waals surface area contributed by atoms with Gasteiger partial charge in [-0.05, 0) is 50.7 Å². The van der Waals surface area contributed by atoms with Crippen molar-refractivity contribution in [3.8, 4) is 0 Å². The summed E-state index contributed by atoms with van der Waals surface area (Å²) in [6.45, 7) is 11.0. The summed E-state index contributed by atoms with van der Waals surface area (Å²) in [4.78, 5) is 2.63. The molecule has 0 aliphatic carbocycles. The molecule has 0 aromatic rings. The Balaban J connectivity index is 2.29. The molecule has 1 aliphatic rings. The van der Waals surface area contributed by atoms with E-state index in [-0.39, 0.29) is 0 Å². The van der Waals surface area contributed by atoms with Crippen LogP contribution in [-0.4, -0.2) is 24.5 Å². The van der Waals surface area contributed by atoms with Gasteiger partial charge in [0.15, 0.2) is 0 Å². The quantitative estimate of drug-likeness (QED) is 0.691. The zero-order chi connectivity index (χ0) is 11.8. The lowest BCUT2D eigenvalue weighted by Gasteiger charge is -2.25. The Morgan fingerprint density at radius 3 is 2.00 bits per heavy atom. The van der Waals surface area contributed by atoms with Crippen LogP contribution in [-0.2, 0) is 0 Å². The van der Waals surface area contributed by atoms with Crippen molar-refractivity contribution in [2.45, 2.75) is 65.7 Å². The molecule has 0 bridgehead atoms. The van der Waals surface area contributed by atoms with Crippen LogP contribution in [0.2, 0.25) is 0 Å². The minimum Gasteiger partial charge on any atom is -0.304 e. The minimum atomic E-state index is 0.889. The van der Waals surface area contributed by atoms with Crippen molar-refractivity contribution in [2.24, 2.45) is 11.8 Å². The van der Waals surface area contributed by atoms with Gasteiger partial charge in [-0.2, -0.15) is 0 Å². The monoisotopic (exact) mass is 225 g/mol. The molecule has 1 aliphatic heterocycles. The summed E-state index contributed by atoms with van der Waals surface area (Å²) < 4.78 is 0. The van der Waals surface area contributed by atoms with Crippen molar-refractivity contribution in [1.82, 2.24) is 4.90 Å². The number of hydrogen-bond donors (Lipinski definition) is 0. The van der Waals surface area contributed by atoms with Crippen LogP contribution in [0.3, 0.4) is 0 Å². The van der Waals surface area contributed by atoms with Gasteiger partial charge < -0.3 is 4.90 Å². The van der Waals surface area contributed by atoms with Gasteiger partial charge in [0.2, 0.25) is 0 Å². The van der Waals surface area contributed by atoms with Crippen LogP contribution in [0.25, 0.3) is 0 Å². The zero-order valence-corrected chi connectivity index (χ0v) is 11.7. The van der Waals surface area contributed by atoms with E-state index in [0.717, 1.165) is 11.8 Å². The van der Waals surface area contributed by atoms with Crippen molar-refractivity contribution in [3.05, 3.63) is 0 Å². The second-order valence-corrected chi connectivity index (χ2v) is 5.92. The zero-order valence-electron chi connectivity index (χ0n) is 11.7. The highest BCUT2D eigenvalue weighted by Crippen LogP contribution is 2.24. The lowest BCUT2D eigenvalue weighted by Crippen LogP contribution is -2.26. The molecular formula is C15H31N. The minimum absolute atomic E-state index is 0.889. The second kappa shape index (κ2) is 8.11.